The van der Waals surface area contributed by atoms with Gasteiger partial charge in [0.2, 0.25) is 0 Å². The van der Waals surface area contributed by atoms with Crippen LogP contribution in [-0.4, -0.2) is 6.54 Å². The Bertz CT molecular complexity index is 604. The van der Waals surface area contributed by atoms with E-state index in [0.29, 0.717) is 18.0 Å². The van der Waals surface area contributed by atoms with Crippen LogP contribution in [0.4, 0.5) is 4.39 Å². The van der Waals surface area contributed by atoms with Gasteiger partial charge < -0.3 is 10.1 Å². The minimum absolute atomic E-state index is 0.325. The Morgan fingerprint density at radius 2 is 1.90 bits per heavy atom. The summed E-state index contributed by atoms with van der Waals surface area (Å²) in [4.78, 5) is 0. The van der Waals surface area contributed by atoms with E-state index in [1.54, 1.807) is 6.07 Å². The number of rotatable bonds is 5. The molecule has 2 rings (SSSR count). The normalized spacial score (nSPS) is 10.6. The van der Waals surface area contributed by atoms with E-state index in [9.17, 15) is 4.39 Å². The molecule has 0 unspecified atom stereocenters. The van der Waals surface area contributed by atoms with Crippen LogP contribution in [0.3, 0.4) is 0 Å². The van der Waals surface area contributed by atoms with E-state index in [2.05, 4.69) is 37.2 Å². The first-order valence-electron chi connectivity index (χ1n) is 6.22. The van der Waals surface area contributed by atoms with Gasteiger partial charge in [-0.2, -0.15) is 0 Å². The molecule has 0 atom stereocenters. The summed E-state index contributed by atoms with van der Waals surface area (Å²) in [6.07, 6.45) is 0. The smallest absolute Gasteiger partial charge is 0.144 e. The van der Waals surface area contributed by atoms with E-state index in [4.69, 9.17) is 4.74 Å². The molecule has 2 aromatic rings. The highest BCUT2D eigenvalue weighted by Crippen LogP contribution is 2.33. The van der Waals surface area contributed by atoms with Gasteiger partial charge in [0.15, 0.2) is 0 Å². The van der Waals surface area contributed by atoms with E-state index in [1.165, 1.54) is 12.1 Å². The molecule has 0 aliphatic heterocycles. The molecule has 5 heteroatoms. The second-order valence-electron chi connectivity index (χ2n) is 4.21. The fourth-order valence-electron chi connectivity index (χ4n) is 1.72. The maximum absolute atomic E-state index is 13.3. The quantitative estimate of drug-likeness (QED) is 0.737. The van der Waals surface area contributed by atoms with Crippen LogP contribution in [0.1, 0.15) is 12.5 Å². The van der Waals surface area contributed by atoms with Crippen LogP contribution < -0.4 is 10.1 Å². The van der Waals surface area contributed by atoms with Crippen molar-refractivity contribution in [3.05, 3.63) is 56.7 Å². The Morgan fingerprint density at radius 1 is 1.10 bits per heavy atom. The minimum Gasteiger partial charge on any atom is -0.456 e. The van der Waals surface area contributed by atoms with Crippen molar-refractivity contribution in [3.8, 4) is 11.5 Å². The minimum atomic E-state index is -0.325. The van der Waals surface area contributed by atoms with Crippen LogP contribution in [0.15, 0.2) is 45.3 Å². The van der Waals surface area contributed by atoms with E-state index >= 15 is 0 Å². The SMILES string of the molecule is CCNCc1cc(Br)ccc1Oc1cc(F)ccc1Br. The number of nitrogens with one attached hydrogen (secondary N) is 1. The molecule has 0 heterocycles. The maximum Gasteiger partial charge on any atom is 0.144 e. The van der Waals surface area contributed by atoms with Crippen LogP contribution >= 0.6 is 31.9 Å². The van der Waals surface area contributed by atoms with Crippen molar-refractivity contribution in [3.63, 3.8) is 0 Å². The van der Waals surface area contributed by atoms with Crippen molar-refractivity contribution in [1.29, 1.82) is 0 Å². The summed E-state index contributed by atoms with van der Waals surface area (Å²) in [6, 6.07) is 10.1. The first-order chi connectivity index (χ1) is 9.60. The Kier molecular flexibility index (Phi) is 5.57. The van der Waals surface area contributed by atoms with Crippen molar-refractivity contribution in [1.82, 2.24) is 5.32 Å². The van der Waals surface area contributed by atoms with E-state index in [-0.39, 0.29) is 5.82 Å². The fraction of sp³-hybridized carbons (Fsp3) is 0.200. The van der Waals surface area contributed by atoms with Crippen molar-refractivity contribution < 1.29 is 9.13 Å². The molecule has 0 fully saturated rings. The van der Waals surface area contributed by atoms with E-state index in [0.717, 1.165) is 21.1 Å². The van der Waals surface area contributed by atoms with Gasteiger partial charge >= 0.3 is 0 Å². The molecular formula is C15H14Br2FNO. The number of hydrogen-bond donors (Lipinski definition) is 1. The van der Waals surface area contributed by atoms with Crippen LogP contribution in [0.5, 0.6) is 11.5 Å². The molecule has 0 saturated heterocycles. The largest absolute Gasteiger partial charge is 0.456 e. The molecule has 20 heavy (non-hydrogen) atoms. The lowest BCUT2D eigenvalue weighted by Gasteiger charge is -2.13. The standard InChI is InChI=1S/C15H14Br2FNO/c1-2-19-9-10-7-11(16)3-6-14(10)20-15-8-12(18)4-5-13(15)17/h3-8,19H,2,9H2,1H3. The lowest BCUT2D eigenvalue weighted by molar-refractivity contribution is 0.465. The Balaban J connectivity index is 2.30. The van der Waals surface area contributed by atoms with Gasteiger partial charge in [0.1, 0.15) is 17.3 Å². The fourth-order valence-corrected chi connectivity index (χ4v) is 2.46. The molecule has 2 nitrogen and oxygen atoms in total. The van der Waals surface area contributed by atoms with E-state index < -0.39 is 0 Å². The molecule has 106 valence electrons. The monoisotopic (exact) mass is 401 g/mol. The summed E-state index contributed by atoms with van der Waals surface area (Å²) in [5, 5.41) is 3.26. The van der Waals surface area contributed by atoms with Crippen LogP contribution in [0.2, 0.25) is 0 Å². The predicted molar refractivity (Wildman–Crippen MR) is 85.7 cm³/mol. The molecule has 0 aromatic heterocycles. The molecule has 0 bridgehead atoms. The van der Waals surface area contributed by atoms with Crippen LogP contribution in [0.25, 0.3) is 0 Å². The predicted octanol–water partition coefficient (Wildman–Crippen LogP) is 5.25. The molecule has 0 amide bonds. The van der Waals surface area contributed by atoms with Gasteiger partial charge in [-0.3, -0.25) is 0 Å². The van der Waals surface area contributed by atoms with Crippen LogP contribution in [0, 0.1) is 5.82 Å². The summed E-state index contributed by atoms with van der Waals surface area (Å²) in [5.74, 6) is 0.846. The highest BCUT2D eigenvalue weighted by molar-refractivity contribution is 9.10. The van der Waals surface area contributed by atoms with Crippen molar-refractivity contribution in [2.45, 2.75) is 13.5 Å². The van der Waals surface area contributed by atoms with Gasteiger partial charge in [-0.25, -0.2) is 4.39 Å². The van der Waals surface area contributed by atoms with Crippen molar-refractivity contribution >= 4 is 31.9 Å². The number of hydrogen-bond acceptors (Lipinski definition) is 2. The lowest BCUT2D eigenvalue weighted by Crippen LogP contribution is -2.12. The molecule has 2 aromatic carbocycles. The van der Waals surface area contributed by atoms with Crippen LogP contribution in [-0.2, 0) is 6.54 Å². The zero-order valence-corrected chi connectivity index (χ0v) is 14.1. The first kappa shape index (κ1) is 15.5. The zero-order chi connectivity index (χ0) is 14.5. The van der Waals surface area contributed by atoms with E-state index in [1.807, 2.05) is 25.1 Å². The topological polar surface area (TPSA) is 21.3 Å². The zero-order valence-electron chi connectivity index (χ0n) is 10.9. The molecule has 0 radical (unpaired) electrons. The molecule has 0 aliphatic rings. The molecular weight excluding hydrogens is 389 g/mol. The third-order valence-corrected chi connectivity index (χ3v) is 3.85. The number of benzene rings is 2. The van der Waals surface area contributed by atoms with Gasteiger partial charge in [0, 0.05) is 22.6 Å². The average Bonchev–Trinajstić information content (AvgIpc) is 2.43. The third-order valence-electron chi connectivity index (χ3n) is 2.70. The summed E-state index contributed by atoms with van der Waals surface area (Å²) >= 11 is 6.81. The molecule has 0 saturated carbocycles. The van der Waals surface area contributed by atoms with Gasteiger partial charge in [0.05, 0.1) is 4.47 Å². The second kappa shape index (κ2) is 7.20. The number of halogens is 3. The Morgan fingerprint density at radius 3 is 2.65 bits per heavy atom. The van der Waals surface area contributed by atoms with Gasteiger partial charge in [-0.05, 0) is 52.8 Å². The Labute approximate surface area is 134 Å². The van der Waals surface area contributed by atoms with Gasteiger partial charge in [-0.1, -0.05) is 22.9 Å². The first-order valence-corrected chi connectivity index (χ1v) is 7.81. The lowest BCUT2D eigenvalue weighted by atomic mass is 10.2. The van der Waals surface area contributed by atoms with Gasteiger partial charge in [-0.15, -0.1) is 0 Å². The molecule has 1 N–H and O–H groups in total. The summed E-state index contributed by atoms with van der Waals surface area (Å²) < 4.78 is 20.8. The van der Waals surface area contributed by atoms with Crippen molar-refractivity contribution in [2.75, 3.05) is 6.54 Å². The number of ether oxygens (including phenoxy) is 1. The third kappa shape index (κ3) is 4.04. The second-order valence-corrected chi connectivity index (χ2v) is 5.98. The summed E-state index contributed by atoms with van der Waals surface area (Å²) in [5.41, 5.74) is 1.01. The van der Waals surface area contributed by atoms with Crippen molar-refractivity contribution in [2.24, 2.45) is 0 Å². The molecule has 0 spiro atoms. The highest BCUT2D eigenvalue weighted by Gasteiger charge is 2.09. The average molecular weight is 403 g/mol. The maximum atomic E-state index is 13.3. The molecule has 0 aliphatic carbocycles. The Hall–Kier alpha value is -0.910. The highest BCUT2D eigenvalue weighted by atomic mass is 79.9. The summed E-state index contributed by atoms with van der Waals surface area (Å²) in [7, 11) is 0. The summed E-state index contributed by atoms with van der Waals surface area (Å²) in [6.45, 7) is 3.61. The van der Waals surface area contributed by atoms with Gasteiger partial charge in [0.25, 0.3) is 0 Å².